The first-order chi connectivity index (χ1) is 8.52. The van der Waals surface area contributed by atoms with Crippen LogP contribution in [0.5, 0.6) is 0 Å². The quantitative estimate of drug-likeness (QED) is 0.802. The Morgan fingerprint density at radius 3 is 2.67 bits per heavy atom. The normalized spacial score (nSPS) is 27.2. The second-order valence-corrected chi connectivity index (χ2v) is 5.18. The first-order valence-electron chi connectivity index (χ1n) is 6.55. The van der Waals surface area contributed by atoms with Gasteiger partial charge in [-0.25, -0.2) is 4.39 Å². The smallest absolute Gasteiger partial charge is 0.138 e. The van der Waals surface area contributed by atoms with Crippen molar-refractivity contribution in [1.82, 2.24) is 4.90 Å². The Labute approximate surface area is 108 Å². The molecule has 1 aromatic carbocycles. The fraction of sp³-hybridized carbons (Fsp3) is 0.533. The van der Waals surface area contributed by atoms with E-state index < -0.39 is 0 Å². The van der Waals surface area contributed by atoms with E-state index >= 15 is 0 Å². The molecule has 0 bridgehead atoms. The van der Waals surface area contributed by atoms with Gasteiger partial charge < -0.3 is 0 Å². The lowest BCUT2D eigenvalue weighted by Gasteiger charge is -2.41. The van der Waals surface area contributed by atoms with Crippen molar-refractivity contribution in [2.75, 3.05) is 6.54 Å². The number of hydrogen-bond acceptors (Lipinski definition) is 2. The van der Waals surface area contributed by atoms with Gasteiger partial charge in [-0.1, -0.05) is 25.1 Å². The van der Waals surface area contributed by atoms with Gasteiger partial charge in [-0.05, 0) is 19.9 Å². The summed E-state index contributed by atoms with van der Waals surface area (Å²) in [4.78, 5) is 13.9. The minimum absolute atomic E-state index is 0.0109. The van der Waals surface area contributed by atoms with Gasteiger partial charge in [0.25, 0.3) is 0 Å². The highest BCUT2D eigenvalue weighted by Crippen LogP contribution is 2.30. The summed E-state index contributed by atoms with van der Waals surface area (Å²) in [5.74, 6) is 0.189. The van der Waals surface area contributed by atoms with Gasteiger partial charge in [-0.2, -0.15) is 0 Å². The average Bonchev–Trinajstić information content (AvgIpc) is 2.36. The fourth-order valence-electron chi connectivity index (χ4n) is 2.77. The van der Waals surface area contributed by atoms with Crippen LogP contribution < -0.4 is 0 Å². The highest BCUT2D eigenvalue weighted by atomic mass is 19.1. The van der Waals surface area contributed by atoms with Crippen LogP contribution in [0.15, 0.2) is 24.3 Å². The third kappa shape index (κ3) is 2.32. The number of nitrogens with zero attached hydrogens (tertiary/aromatic N) is 1. The van der Waals surface area contributed by atoms with E-state index in [1.54, 1.807) is 6.07 Å². The summed E-state index contributed by atoms with van der Waals surface area (Å²) >= 11 is 0. The summed E-state index contributed by atoms with van der Waals surface area (Å²) in [5.41, 5.74) is 0.714. The van der Waals surface area contributed by atoms with Crippen LogP contribution in [0.1, 0.15) is 38.8 Å². The molecule has 18 heavy (non-hydrogen) atoms. The van der Waals surface area contributed by atoms with Gasteiger partial charge in [0.05, 0.1) is 0 Å². The Morgan fingerprint density at radius 1 is 1.33 bits per heavy atom. The van der Waals surface area contributed by atoms with Gasteiger partial charge in [0.2, 0.25) is 0 Å². The molecule has 0 spiro atoms. The molecule has 0 radical (unpaired) electrons. The van der Waals surface area contributed by atoms with Crippen molar-refractivity contribution >= 4 is 5.78 Å². The van der Waals surface area contributed by atoms with Crippen LogP contribution in [0.2, 0.25) is 0 Å². The summed E-state index contributed by atoms with van der Waals surface area (Å²) < 4.78 is 13.8. The summed E-state index contributed by atoms with van der Waals surface area (Å²) in [6.45, 7) is 6.75. The van der Waals surface area contributed by atoms with Crippen molar-refractivity contribution in [1.29, 1.82) is 0 Å². The zero-order valence-electron chi connectivity index (χ0n) is 11.2. The number of carbonyl (C=O) groups is 1. The van der Waals surface area contributed by atoms with E-state index in [1.165, 1.54) is 6.07 Å². The maximum Gasteiger partial charge on any atom is 0.138 e. The number of Topliss-reactive ketones (excluding diaryl/α,β-unsaturated/α-hetero) is 1. The Hall–Kier alpha value is -1.22. The van der Waals surface area contributed by atoms with E-state index in [0.717, 1.165) is 6.54 Å². The molecule has 0 aliphatic carbocycles. The van der Waals surface area contributed by atoms with Gasteiger partial charge in [0, 0.05) is 36.5 Å². The van der Waals surface area contributed by atoms with Crippen LogP contribution >= 0.6 is 0 Å². The van der Waals surface area contributed by atoms with Crippen molar-refractivity contribution in [2.45, 2.75) is 39.3 Å². The van der Waals surface area contributed by atoms with Crippen molar-refractivity contribution in [3.8, 4) is 0 Å². The van der Waals surface area contributed by atoms with E-state index in [-0.39, 0.29) is 23.8 Å². The third-order valence-electron chi connectivity index (χ3n) is 4.22. The predicted molar refractivity (Wildman–Crippen MR) is 69.8 cm³/mol. The number of carbonyl (C=O) groups excluding carboxylic acids is 1. The highest BCUT2D eigenvalue weighted by Gasteiger charge is 2.34. The number of halogens is 1. The molecule has 0 amide bonds. The molecule has 1 aliphatic rings. The molecule has 98 valence electrons. The second kappa shape index (κ2) is 5.19. The Morgan fingerprint density at radius 2 is 2.00 bits per heavy atom. The van der Waals surface area contributed by atoms with Crippen molar-refractivity contribution in [2.24, 2.45) is 5.92 Å². The van der Waals surface area contributed by atoms with E-state index in [4.69, 9.17) is 0 Å². The van der Waals surface area contributed by atoms with E-state index in [1.807, 2.05) is 26.0 Å². The lowest BCUT2D eigenvalue weighted by molar-refractivity contribution is -0.128. The number of hydrogen-bond donors (Lipinski definition) is 0. The molecule has 0 N–H and O–H groups in total. The molecule has 3 atom stereocenters. The molecule has 3 heteroatoms. The standard InChI is InChI=1S/C15H20FNO/c1-10-11(2)17(9-8-15(10)18)12(3)13-6-4-5-7-14(13)16/h4-7,10-12H,8-9H2,1-3H3. The maximum absolute atomic E-state index is 13.8. The number of ketones is 1. The van der Waals surface area contributed by atoms with Crippen LogP contribution in [0.3, 0.4) is 0 Å². The molecule has 1 heterocycles. The molecule has 0 aromatic heterocycles. The average molecular weight is 249 g/mol. The molecule has 2 nitrogen and oxygen atoms in total. The lowest BCUT2D eigenvalue weighted by Crippen LogP contribution is -2.47. The molecule has 1 fully saturated rings. The van der Waals surface area contributed by atoms with Gasteiger partial charge in [0.1, 0.15) is 11.6 Å². The molecule has 2 rings (SSSR count). The Bertz CT molecular complexity index is 446. The lowest BCUT2D eigenvalue weighted by atomic mass is 9.88. The zero-order chi connectivity index (χ0) is 13.3. The van der Waals surface area contributed by atoms with Crippen LogP contribution in [-0.2, 0) is 4.79 Å². The van der Waals surface area contributed by atoms with Crippen molar-refractivity contribution in [3.05, 3.63) is 35.6 Å². The minimum Gasteiger partial charge on any atom is -0.299 e. The Kier molecular flexibility index (Phi) is 3.81. The summed E-state index contributed by atoms with van der Waals surface area (Å²) in [7, 11) is 0. The van der Waals surface area contributed by atoms with Crippen LogP contribution in [-0.4, -0.2) is 23.3 Å². The monoisotopic (exact) mass is 249 g/mol. The van der Waals surface area contributed by atoms with E-state index in [0.29, 0.717) is 17.8 Å². The molecule has 1 aromatic rings. The van der Waals surface area contributed by atoms with Crippen LogP contribution in [0, 0.1) is 11.7 Å². The second-order valence-electron chi connectivity index (χ2n) is 5.18. The largest absolute Gasteiger partial charge is 0.299 e. The topological polar surface area (TPSA) is 20.3 Å². The van der Waals surface area contributed by atoms with Gasteiger partial charge in [-0.15, -0.1) is 0 Å². The van der Waals surface area contributed by atoms with Crippen molar-refractivity contribution < 1.29 is 9.18 Å². The van der Waals surface area contributed by atoms with Crippen LogP contribution in [0.25, 0.3) is 0 Å². The summed E-state index contributed by atoms with van der Waals surface area (Å²) in [6, 6.07) is 7.07. The molecular formula is C15H20FNO. The molecule has 0 saturated carbocycles. The van der Waals surface area contributed by atoms with Gasteiger partial charge in [0.15, 0.2) is 0 Å². The zero-order valence-corrected chi connectivity index (χ0v) is 11.2. The number of likely N-dealkylation sites (tertiary alicyclic amines) is 1. The predicted octanol–water partition coefficient (Wildman–Crippen LogP) is 3.19. The Balaban J connectivity index is 2.22. The van der Waals surface area contributed by atoms with E-state index in [9.17, 15) is 9.18 Å². The fourth-order valence-corrected chi connectivity index (χ4v) is 2.77. The van der Waals surface area contributed by atoms with Gasteiger partial charge >= 0.3 is 0 Å². The first kappa shape index (κ1) is 13.2. The first-order valence-corrected chi connectivity index (χ1v) is 6.55. The summed E-state index contributed by atoms with van der Waals surface area (Å²) in [5, 5.41) is 0. The molecule has 1 aliphatic heterocycles. The number of rotatable bonds is 2. The number of piperidine rings is 1. The molecule has 1 saturated heterocycles. The van der Waals surface area contributed by atoms with Gasteiger partial charge in [-0.3, -0.25) is 9.69 Å². The molecule has 3 unspecified atom stereocenters. The molecular weight excluding hydrogens is 229 g/mol. The maximum atomic E-state index is 13.8. The van der Waals surface area contributed by atoms with Crippen LogP contribution in [0.4, 0.5) is 4.39 Å². The summed E-state index contributed by atoms with van der Waals surface area (Å²) in [6.07, 6.45) is 0.574. The SMILES string of the molecule is CC1C(=O)CCN(C(C)c2ccccc2F)C1C. The van der Waals surface area contributed by atoms with Crippen molar-refractivity contribution in [3.63, 3.8) is 0 Å². The number of benzene rings is 1. The third-order valence-corrected chi connectivity index (χ3v) is 4.22. The van der Waals surface area contributed by atoms with E-state index in [2.05, 4.69) is 11.8 Å². The minimum atomic E-state index is -0.165. The highest BCUT2D eigenvalue weighted by molar-refractivity contribution is 5.82.